The maximum absolute atomic E-state index is 12.4. The van der Waals surface area contributed by atoms with Gasteiger partial charge in [-0.15, -0.1) is 13.2 Å². The highest BCUT2D eigenvalue weighted by Gasteiger charge is 2.34. The Morgan fingerprint density at radius 1 is 1.15 bits per heavy atom. The van der Waals surface area contributed by atoms with Crippen molar-refractivity contribution in [2.24, 2.45) is 0 Å². The second-order valence-corrected chi connectivity index (χ2v) is 7.52. The lowest BCUT2D eigenvalue weighted by Gasteiger charge is -2.39. The SMILES string of the molecule is CC[C@@H]1C[C@@H](Oc2ccc(OC(F)(F)F)cc2)CCN1C(=O)OC(C)(C)C. The van der Waals surface area contributed by atoms with E-state index < -0.39 is 12.0 Å². The largest absolute Gasteiger partial charge is 0.573 e. The van der Waals surface area contributed by atoms with E-state index in [1.807, 2.05) is 27.7 Å². The number of ether oxygens (including phenoxy) is 3. The molecule has 1 aromatic carbocycles. The van der Waals surface area contributed by atoms with Crippen molar-refractivity contribution in [1.29, 1.82) is 0 Å². The van der Waals surface area contributed by atoms with Gasteiger partial charge in [0, 0.05) is 25.4 Å². The zero-order valence-electron chi connectivity index (χ0n) is 16.0. The van der Waals surface area contributed by atoms with Gasteiger partial charge in [-0.1, -0.05) is 6.92 Å². The molecule has 0 aliphatic carbocycles. The van der Waals surface area contributed by atoms with E-state index in [9.17, 15) is 18.0 Å². The lowest BCUT2D eigenvalue weighted by molar-refractivity contribution is -0.274. The van der Waals surface area contributed by atoms with Gasteiger partial charge in [0.05, 0.1) is 0 Å². The van der Waals surface area contributed by atoms with E-state index in [0.29, 0.717) is 25.1 Å². The third-order valence-electron chi connectivity index (χ3n) is 4.13. The molecular formula is C19H26F3NO4. The van der Waals surface area contributed by atoms with E-state index in [-0.39, 0.29) is 24.0 Å². The van der Waals surface area contributed by atoms with E-state index in [2.05, 4.69) is 4.74 Å². The molecule has 1 heterocycles. The monoisotopic (exact) mass is 389 g/mol. The van der Waals surface area contributed by atoms with Crippen LogP contribution in [-0.2, 0) is 4.74 Å². The zero-order chi connectivity index (χ0) is 20.2. The van der Waals surface area contributed by atoms with E-state index in [0.717, 1.165) is 6.42 Å². The topological polar surface area (TPSA) is 48.0 Å². The Balaban J connectivity index is 1.93. The minimum atomic E-state index is -4.72. The molecule has 0 unspecified atom stereocenters. The summed E-state index contributed by atoms with van der Waals surface area (Å²) in [5, 5.41) is 0. The number of piperidine rings is 1. The smallest absolute Gasteiger partial charge is 0.490 e. The summed E-state index contributed by atoms with van der Waals surface area (Å²) < 4.78 is 51.8. The van der Waals surface area contributed by atoms with Crippen LogP contribution in [0.2, 0.25) is 0 Å². The number of carbonyl (C=O) groups is 1. The van der Waals surface area contributed by atoms with Crippen molar-refractivity contribution in [2.75, 3.05) is 6.54 Å². The van der Waals surface area contributed by atoms with Crippen LogP contribution in [0, 0.1) is 0 Å². The van der Waals surface area contributed by atoms with Gasteiger partial charge in [-0.25, -0.2) is 4.79 Å². The van der Waals surface area contributed by atoms with Gasteiger partial charge >= 0.3 is 12.5 Å². The molecule has 1 saturated heterocycles. The van der Waals surface area contributed by atoms with Gasteiger partial charge in [0.1, 0.15) is 23.2 Å². The average Bonchev–Trinajstić information content (AvgIpc) is 2.53. The Kier molecular flexibility index (Phi) is 6.49. The highest BCUT2D eigenvalue weighted by molar-refractivity contribution is 5.68. The minimum absolute atomic E-state index is 0.00793. The van der Waals surface area contributed by atoms with Gasteiger partial charge in [0.15, 0.2) is 0 Å². The molecule has 1 amide bonds. The highest BCUT2D eigenvalue weighted by Crippen LogP contribution is 2.28. The zero-order valence-corrected chi connectivity index (χ0v) is 16.0. The first kappa shape index (κ1) is 21.2. The quantitative estimate of drug-likeness (QED) is 0.715. The van der Waals surface area contributed by atoms with Crippen molar-refractivity contribution in [3.05, 3.63) is 24.3 Å². The number of carbonyl (C=O) groups excluding carboxylic acids is 1. The van der Waals surface area contributed by atoms with Crippen molar-refractivity contribution in [3.8, 4) is 11.5 Å². The molecule has 2 rings (SSSR count). The van der Waals surface area contributed by atoms with E-state index in [4.69, 9.17) is 9.47 Å². The Morgan fingerprint density at radius 2 is 1.74 bits per heavy atom. The Morgan fingerprint density at radius 3 is 2.26 bits per heavy atom. The summed E-state index contributed by atoms with van der Waals surface area (Å²) in [4.78, 5) is 14.1. The van der Waals surface area contributed by atoms with Crippen LogP contribution in [-0.4, -0.2) is 41.6 Å². The summed E-state index contributed by atoms with van der Waals surface area (Å²) in [5.41, 5.74) is -0.553. The van der Waals surface area contributed by atoms with Crippen LogP contribution in [0.4, 0.5) is 18.0 Å². The number of rotatable bonds is 4. The summed E-state index contributed by atoms with van der Waals surface area (Å²) in [6.07, 6.45) is -3.15. The van der Waals surface area contributed by atoms with Gasteiger partial charge in [0.2, 0.25) is 0 Å². The molecule has 1 fully saturated rings. The molecule has 8 heteroatoms. The van der Waals surface area contributed by atoms with Crippen LogP contribution in [0.25, 0.3) is 0 Å². The van der Waals surface area contributed by atoms with Gasteiger partial charge in [-0.05, 0) is 51.5 Å². The maximum atomic E-state index is 12.4. The molecule has 1 aliphatic rings. The number of benzene rings is 1. The van der Waals surface area contributed by atoms with Gasteiger partial charge < -0.3 is 19.1 Å². The van der Waals surface area contributed by atoms with E-state index in [1.165, 1.54) is 24.3 Å². The molecule has 5 nitrogen and oxygen atoms in total. The van der Waals surface area contributed by atoms with Crippen molar-refractivity contribution in [1.82, 2.24) is 4.90 Å². The van der Waals surface area contributed by atoms with E-state index in [1.54, 1.807) is 4.90 Å². The molecular weight excluding hydrogens is 363 g/mol. The standard InChI is InChI=1S/C19H26F3NO4/c1-5-13-12-16(10-11-23(13)17(24)27-18(2,3)4)25-14-6-8-15(9-7-14)26-19(20,21)22/h6-9,13,16H,5,10-12H2,1-4H3/t13-,16+/m1/s1. The average molecular weight is 389 g/mol. The predicted octanol–water partition coefficient (Wildman–Crippen LogP) is 5.14. The molecule has 152 valence electrons. The fourth-order valence-electron chi connectivity index (χ4n) is 2.98. The second kappa shape index (κ2) is 8.27. The van der Waals surface area contributed by atoms with Crippen molar-refractivity contribution >= 4 is 6.09 Å². The summed E-state index contributed by atoms with van der Waals surface area (Å²) in [6.45, 7) is 7.98. The molecule has 1 aliphatic heterocycles. The number of hydrogen-bond donors (Lipinski definition) is 0. The first-order chi connectivity index (χ1) is 12.5. The van der Waals surface area contributed by atoms with Crippen molar-refractivity contribution < 1.29 is 32.2 Å². The minimum Gasteiger partial charge on any atom is -0.490 e. The molecule has 0 N–H and O–H groups in total. The fourth-order valence-corrected chi connectivity index (χ4v) is 2.98. The summed E-state index contributed by atoms with van der Waals surface area (Å²) in [6, 6.07) is 5.32. The Labute approximate surface area is 157 Å². The number of nitrogens with zero attached hydrogens (tertiary/aromatic N) is 1. The third-order valence-corrected chi connectivity index (χ3v) is 4.13. The normalized spacial score (nSPS) is 20.9. The van der Waals surface area contributed by atoms with Crippen LogP contribution in [0.15, 0.2) is 24.3 Å². The first-order valence-corrected chi connectivity index (χ1v) is 8.99. The molecule has 2 atom stereocenters. The van der Waals surface area contributed by atoms with Crippen LogP contribution < -0.4 is 9.47 Å². The van der Waals surface area contributed by atoms with Gasteiger partial charge in [-0.2, -0.15) is 0 Å². The van der Waals surface area contributed by atoms with Crippen molar-refractivity contribution in [3.63, 3.8) is 0 Å². The molecule has 0 bridgehead atoms. The number of hydrogen-bond acceptors (Lipinski definition) is 4. The molecule has 1 aromatic rings. The van der Waals surface area contributed by atoms with Crippen LogP contribution in [0.3, 0.4) is 0 Å². The summed E-state index contributed by atoms with van der Waals surface area (Å²) in [7, 11) is 0. The second-order valence-electron chi connectivity index (χ2n) is 7.52. The Bertz CT molecular complexity index is 625. The highest BCUT2D eigenvalue weighted by atomic mass is 19.4. The molecule has 0 radical (unpaired) electrons. The predicted molar refractivity (Wildman–Crippen MR) is 93.8 cm³/mol. The lowest BCUT2D eigenvalue weighted by Crippen LogP contribution is -2.50. The molecule has 0 aromatic heterocycles. The number of halogens is 3. The fraction of sp³-hybridized carbons (Fsp3) is 0.632. The van der Waals surface area contributed by atoms with Crippen molar-refractivity contribution in [2.45, 2.75) is 71.1 Å². The first-order valence-electron chi connectivity index (χ1n) is 8.99. The molecule has 0 saturated carbocycles. The molecule has 27 heavy (non-hydrogen) atoms. The molecule has 0 spiro atoms. The number of likely N-dealkylation sites (tertiary alicyclic amines) is 1. The van der Waals surface area contributed by atoms with Crippen LogP contribution in [0.1, 0.15) is 47.0 Å². The maximum Gasteiger partial charge on any atom is 0.573 e. The van der Waals surface area contributed by atoms with Gasteiger partial charge in [-0.3, -0.25) is 0 Å². The van der Waals surface area contributed by atoms with E-state index >= 15 is 0 Å². The Hall–Kier alpha value is -2.12. The van der Waals surface area contributed by atoms with Crippen LogP contribution >= 0.6 is 0 Å². The number of amides is 1. The third kappa shape index (κ3) is 6.84. The lowest BCUT2D eigenvalue weighted by atomic mass is 9.97. The summed E-state index contributed by atoms with van der Waals surface area (Å²) >= 11 is 0. The van der Waals surface area contributed by atoms with Gasteiger partial charge in [0.25, 0.3) is 0 Å². The summed E-state index contributed by atoms with van der Waals surface area (Å²) in [5.74, 6) is 0.177. The van der Waals surface area contributed by atoms with Crippen LogP contribution in [0.5, 0.6) is 11.5 Å². The number of alkyl halides is 3.